The number of anilines is 2. The van der Waals surface area contributed by atoms with Crippen LogP contribution < -0.4 is 20.3 Å². The molecule has 0 atom stereocenters. The van der Waals surface area contributed by atoms with Gasteiger partial charge in [-0.2, -0.15) is 18.2 Å². The van der Waals surface area contributed by atoms with Crippen molar-refractivity contribution in [1.82, 2.24) is 25.0 Å². The molecule has 1 amide bonds. The Morgan fingerprint density at radius 3 is 2.36 bits per heavy atom. The molecule has 0 bridgehead atoms. The number of benzene rings is 4. The third kappa shape index (κ3) is 6.83. The normalized spacial score (nSPS) is 11.7. The van der Waals surface area contributed by atoms with Crippen molar-refractivity contribution in [3.63, 3.8) is 0 Å². The molecule has 0 aliphatic rings. The summed E-state index contributed by atoms with van der Waals surface area (Å²) >= 11 is 6.38. The van der Waals surface area contributed by atoms with Crippen LogP contribution in [0.1, 0.15) is 15.9 Å². The average Bonchev–Trinajstić information content (AvgIpc) is 3.43. The van der Waals surface area contributed by atoms with E-state index in [0.717, 1.165) is 12.1 Å². The third-order valence-electron chi connectivity index (χ3n) is 6.19. The van der Waals surface area contributed by atoms with Crippen molar-refractivity contribution in [3.05, 3.63) is 113 Å². The zero-order valence-electron chi connectivity index (χ0n) is 22.6. The van der Waals surface area contributed by atoms with E-state index in [0.29, 0.717) is 22.0 Å². The highest BCUT2D eigenvalue weighted by molar-refractivity contribution is 7.89. The van der Waals surface area contributed by atoms with Gasteiger partial charge < -0.3 is 10.1 Å². The fraction of sp³-hybridized carbons (Fsp3) is 0.0690. The van der Waals surface area contributed by atoms with Crippen LogP contribution in [0.2, 0.25) is 5.02 Å². The van der Waals surface area contributed by atoms with Gasteiger partial charge in [-0.05, 0) is 72.8 Å². The molecule has 0 aliphatic heterocycles. The van der Waals surface area contributed by atoms with E-state index in [4.69, 9.17) is 16.3 Å². The van der Waals surface area contributed by atoms with Crippen molar-refractivity contribution < 1.29 is 31.1 Å². The van der Waals surface area contributed by atoms with Gasteiger partial charge in [-0.3, -0.25) is 10.2 Å². The summed E-state index contributed by atoms with van der Waals surface area (Å²) < 4.78 is 71.7. The van der Waals surface area contributed by atoms with Crippen LogP contribution in [0.5, 0.6) is 5.75 Å². The number of hydrogen-bond donors (Lipinski definition) is 3. The fourth-order valence-corrected chi connectivity index (χ4v) is 5.10. The highest BCUT2D eigenvalue weighted by Gasteiger charge is 2.31. The molecule has 0 aliphatic carbocycles. The van der Waals surface area contributed by atoms with Gasteiger partial charge in [0.25, 0.3) is 15.9 Å². The van der Waals surface area contributed by atoms with Crippen molar-refractivity contribution in [2.75, 3.05) is 12.4 Å². The van der Waals surface area contributed by atoms with Crippen LogP contribution in [0, 0.1) is 0 Å². The molecule has 10 nitrogen and oxygen atoms in total. The summed E-state index contributed by atoms with van der Waals surface area (Å²) in [6.45, 7) is 0. The van der Waals surface area contributed by atoms with Crippen LogP contribution >= 0.6 is 11.6 Å². The average molecular weight is 643 g/mol. The number of nitrogens with zero attached hydrogens (tertiary/aromatic N) is 3. The highest BCUT2D eigenvalue weighted by atomic mass is 35.5. The molecule has 5 aromatic rings. The highest BCUT2D eigenvalue weighted by Crippen LogP contribution is 2.33. The van der Waals surface area contributed by atoms with Crippen molar-refractivity contribution >= 4 is 39.2 Å². The summed E-state index contributed by atoms with van der Waals surface area (Å²) in [5.41, 5.74) is 2.22. The van der Waals surface area contributed by atoms with E-state index in [-0.39, 0.29) is 27.9 Å². The summed E-state index contributed by atoms with van der Waals surface area (Å²) in [6, 6.07) is 22.8. The van der Waals surface area contributed by atoms with Crippen molar-refractivity contribution in [1.29, 1.82) is 0 Å². The summed E-state index contributed by atoms with van der Waals surface area (Å²) in [6.07, 6.45) is -4.58. The second kappa shape index (κ2) is 12.4. The molecule has 0 saturated carbocycles. The molecule has 15 heteroatoms. The molecule has 0 spiro atoms. The second-order valence-electron chi connectivity index (χ2n) is 9.14. The van der Waals surface area contributed by atoms with Gasteiger partial charge in [0.1, 0.15) is 5.75 Å². The van der Waals surface area contributed by atoms with Crippen molar-refractivity contribution in [3.8, 4) is 22.8 Å². The quantitative estimate of drug-likeness (QED) is 0.169. The Balaban J connectivity index is 1.40. The molecule has 0 radical (unpaired) electrons. The van der Waals surface area contributed by atoms with Gasteiger partial charge in [-0.25, -0.2) is 13.1 Å². The first-order chi connectivity index (χ1) is 20.9. The molecule has 5 rings (SSSR count). The van der Waals surface area contributed by atoms with E-state index >= 15 is 0 Å². The smallest absolute Gasteiger partial charge is 0.416 e. The predicted molar refractivity (Wildman–Crippen MR) is 157 cm³/mol. The summed E-state index contributed by atoms with van der Waals surface area (Å²) in [5.74, 6) is -0.134. The number of ether oxygens (including phenoxy) is 1. The number of carbonyl (C=O) groups excluding carboxylic acids is 1. The zero-order valence-corrected chi connectivity index (χ0v) is 24.2. The van der Waals surface area contributed by atoms with E-state index < -0.39 is 27.7 Å². The zero-order chi connectivity index (χ0) is 31.5. The lowest BCUT2D eigenvalue weighted by atomic mass is 10.1. The molecular weight excluding hydrogens is 621 g/mol. The fourth-order valence-electron chi connectivity index (χ4n) is 4.04. The van der Waals surface area contributed by atoms with Gasteiger partial charge in [-0.15, -0.1) is 9.93 Å². The molecule has 0 unspecified atom stereocenters. The lowest BCUT2D eigenvalue weighted by molar-refractivity contribution is -0.137. The van der Waals surface area contributed by atoms with Gasteiger partial charge in [0.2, 0.25) is 5.95 Å². The summed E-state index contributed by atoms with van der Waals surface area (Å²) in [4.78, 5) is 19.2. The van der Waals surface area contributed by atoms with Gasteiger partial charge in [-0.1, -0.05) is 35.9 Å². The molecule has 1 aromatic heterocycles. The number of halogens is 4. The SMILES string of the molecule is COc1ccc(S(=O)(=O)NNC(=O)c2cccc(Nc3nc(-c4ccccc4Cl)n(-c4cccc(C(F)(F)F)c4)n3)c2)cc1. The van der Waals surface area contributed by atoms with Gasteiger partial charge >= 0.3 is 6.18 Å². The number of hydrogen-bond acceptors (Lipinski definition) is 7. The standard InChI is InChI=1S/C29H22ClF3N6O4S/c1-43-22-12-14-23(15-13-22)44(41,42)38-36-27(40)18-6-4-8-20(16-18)34-28-35-26(24-10-2-3-11-25(24)30)39(37-28)21-9-5-7-19(17-21)29(31,32)33/h2-17,38H,1H3,(H,34,37)(H,36,40). The molecule has 226 valence electrons. The number of aromatic nitrogens is 3. The van der Waals surface area contributed by atoms with E-state index in [9.17, 15) is 26.4 Å². The monoisotopic (exact) mass is 642 g/mol. The van der Waals surface area contributed by atoms with Crippen LogP contribution in [0.3, 0.4) is 0 Å². The van der Waals surface area contributed by atoms with Crippen molar-refractivity contribution in [2.24, 2.45) is 0 Å². The molecule has 3 N–H and O–H groups in total. The number of rotatable bonds is 9. The Hall–Kier alpha value is -4.92. The minimum absolute atomic E-state index is 0.00454. The van der Waals surface area contributed by atoms with Crippen LogP contribution in [0.15, 0.2) is 102 Å². The Bertz CT molecular complexity index is 1930. The maximum atomic E-state index is 13.4. The number of hydrazine groups is 1. The number of carbonyl (C=O) groups is 1. The first kappa shape index (κ1) is 30.5. The lowest BCUT2D eigenvalue weighted by Gasteiger charge is -2.11. The molecule has 0 saturated heterocycles. The lowest BCUT2D eigenvalue weighted by Crippen LogP contribution is -2.41. The second-order valence-corrected chi connectivity index (χ2v) is 11.2. The number of alkyl halides is 3. The largest absolute Gasteiger partial charge is 0.497 e. The predicted octanol–water partition coefficient (Wildman–Crippen LogP) is 5.98. The van der Waals surface area contributed by atoms with Crippen LogP contribution in [0.25, 0.3) is 17.1 Å². The van der Waals surface area contributed by atoms with Gasteiger partial charge in [0.15, 0.2) is 5.82 Å². The molecule has 44 heavy (non-hydrogen) atoms. The maximum absolute atomic E-state index is 13.4. The molecule has 1 heterocycles. The van der Waals surface area contributed by atoms with Crippen LogP contribution in [-0.2, 0) is 16.2 Å². The summed E-state index contributed by atoms with van der Waals surface area (Å²) in [5, 5.41) is 7.61. The maximum Gasteiger partial charge on any atom is 0.416 e. The van der Waals surface area contributed by atoms with Crippen LogP contribution in [-0.4, -0.2) is 36.2 Å². The van der Waals surface area contributed by atoms with E-state index in [1.54, 1.807) is 30.3 Å². The Morgan fingerprint density at radius 1 is 0.932 bits per heavy atom. The first-order valence-electron chi connectivity index (χ1n) is 12.7. The van der Waals surface area contributed by atoms with Crippen molar-refractivity contribution in [2.45, 2.75) is 11.1 Å². The number of nitrogens with one attached hydrogen (secondary N) is 3. The number of sulfonamides is 1. The van der Waals surface area contributed by atoms with Gasteiger partial charge in [0.05, 0.1) is 28.3 Å². The molecule has 0 fully saturated rings. The van der Waals surface area contributed by atoms with Crippen LogP contribution in [0.4, 0.5) is 24.8 Å². The molecule has 4 aromatic carbocycles. The first-order valence-corrected chi connectivity index (χ1v) is 14.5. The third-order valence-corrected chi connectivity index (χ3v) is 7.78. The Morgan fingerprint density at radius 2 is 1.66 bits per heavy atom. The summed E-state index contributed by atoms with van der Waals surface area (Å²) in [7, 11) is -2.63. The minimum Gasteiger partial charge on any atom is -0.497 e. The van der Waals surface area contributed by atoms with Gasteiger partial charge in [0, 0.05) is 16.8 Å². The topological polar surface area (TPSA) is 127 Å². The van der Waals surface area contributed by atoms with E-state index in [1.165, 1.54) is 66.4 Å². The number of amides is 1. The Labute approximate surface area is 254 Å². The number of methoxy groups -OCH3 is 1. The molecular formula is C29H22ClF3N6O4S. The minimum atomic E-state index is -4.58. The Kier molecular flexibility index (Phi) is 8.58. The van der Waals surface area contributed by atoms with E-state index in [1.807, 2.05) is 4.83 Å². The van der Waals surface area contributed by atoms with E-state index in [2.05, 4.69) is 20.8 Å².